The number of methoxy groups -OCH3 is 2. The van der Waals surface area contributed by atoms with Crippen molar-refractivity contribution in [1.29, 1.82) is 0 Å². The fourth-order valence-electron chi connectivity index (χ4n) is 4.91. The molecule has 200 valence electrons. The molecule has 8 nitrogen and oxygen atoms in total. The first-order chi connectivity index (χ1) is 17.9. The molecule has 0 radical (unpaired) electrons. The van der Waals surface area contributed by atoms with E-state index in [-0.39, 0.29) is 24.2 Å². The van der Waals surface area contributed by atoms with Gasteiger partial charge in [-0.15, -0.1) is 0 Å². The zero-order valence-corrected chi connectivity index (χ0v) is 21.6. The number of benzene rings is 2. The molecule has 4 rings (SSSR count). The molecule has 2 aliphatic rings. The first kappa shape index (κ1) is 26.6. The Hall–Kier alpha value is -3.46. The molecule has 37 heavy (non-hydrogen) atoms. The summed E-state index contributed by atoms with van der Waals surface area (Å²) in [6.45, 7) is 1.60. The number of ether oxygens (including phenoxy) is 3. The number of esters is 1. The highest BCUT2D eigenvalue weighted by Crippen LogP contribution is 2.45. The van der Waals surface area contributed by atoms with E-state index in [1.165, 1.54) is 25.3 Å². The number of anilines is 1. The van der Waals surface area contributed by atoms with Crippen LogP contribution >= 0.6 is 0 Å². The highest BCUT2D eigenvalue weighted by Gasteiger charge is 2.34. The van der Waals surface area contributed by atoms with Crippen LogP contribution in [0, 0.1) is 11.7 Å². The second-order valence-corrected chi connectivity index (χ2v) is 9.67. The van der Waals surface area contributed by atoms with Gasteiger partial charge in [-0.1, -0.05) is 12.1 Å². The number of piperidine rings is 1. The van der Waals surface area contributed by atoms with Crippen molar-refractivity contribution >= 4 is 11.7 Å². The van der Waals surface area contributed by atoms with Gasteiger partial charge in [-0.05, 0) is 73.8 Å². The Morgan fingerprint density at radius 3 is 2.54 bits per heavy atom. The zero-order chi connectivity index (χ0) is 26.4. The van der Waals surface area contributed by atoms with Crippen LogP contribution in [0.5, 0.6) is 11.5 Å². The van der Waals surface area contributed by atoms with Crippen LogP contribution in [-0.2, 0) is 9.53 Å². The minimum absolute atomic E-state index is 0.0691. The van der Waals surface area contributed by atoms with E-state index in [0.717, 1.165) is 50.8 Å². The summed E-state index contributed by atoms with van der Waals surface area (Å²) in [5.41, 5.74) is 8.18. The maximum Gasteiger partial charge on any atom is 0.306 e. The largest absolute Gasteiger partial charge is 0.497 e. The summed E-state index contributed by atoms with van der Waals surface area (Å²) >= 11 is 0. The van der Waals surface area contributed by atoms with Crippen LogP contribution in [0.25, 0.3) is 0 Å². The third-order valence-corrected chi connectivity index (χ3v) is 7.07. The highest BCUT2D eigenvalue weighted by molar-refractivity contribution is 5.70. The number of carbonyl (C=O) groups excluding carboxylic acids is 1. The van der Waals surface area contributed by atoms with Crippen LogP contribution in [0.1, 0.15) is 50.0 Å². The maximum absolute atomic E-state index is 14.8. The quantitative estimate of drug-likeness (QED) is 0.262. The molecular formula is C28H37FN4O4. The second-order valence-electron chi connectivity index (χ2n) is 9.67. The summed E-state index contributed by atoms with van der Waals surface area (Å²) < 4.78 is 31.1. The number of nitrogens with two attached hydrogens (primary N) is 2. The molecule has 2 aromatic carbocycles. The van der Waals surface area contributed by atoms with Gasteiger partial charge in [0, 0.05) is 19.2 Å². The maximum atomic E-state index is 14.8. The lowest BCUT2D eigenvalue weighted by molar-refractivity contribution is -0.141. The Morgan fingerprint density at radius 1 is 1.11 bits per heavy atom. The molecule has 1 saturated heterocycles. The van der Waals surface area contributed by atoms with Crippen molar-refractivity contribution < 1.29 is 23.4 Å². The Balaban J connectivity index is 1.57. The van der Waals surface area contributed by atoms with Crippen molar-refractivity contribution in [3.05, 3.63) is 65.4 Å². The molecule has 1 unspecified atom stereocenters. The molecule has 1 aliphatic carbocycles. The Bertz CT molecular complexity index is 1120. The number of carbonyl (C=O) groups is 1. The molecule has 1 heterocycles. The molecule has 0 aromatic heterocycles. The number of nitrogens with zero attached hydrogens (tertiary/aromatic N) is 2. The van der Waals surface area contributed by atoms with Gasteiger partial charge in [0.05, 0.1) is 32.0 Å². The highest BCUT2D eigenvalue weighted by atomic mass is 19.1. The number of likely N-dealkylation sites (tertiary alicyclic amines) is 1. The third kappa shape index (κ3) is 6.65. The summed E-state index contributed by atoms with van der Waals surface area (Å²) in [6.07, 6.45) is 5.68. The van der Waals surface area contributed by atoms with Gasteiger partial charge < -0.3 is 24.8 Å². The SMILES string of the molecule is COC(=O)CC(c1cccc(OC/C(N)=C(\N2CCCCC2)N(N)c2cc(OC)ccc2F)c1)C1CC1. The number of rotatable bonds is 11. The number of hydrogen-bond donors (Lipinski definition) is 2. The lowest BCUT2D eigenvalue weighted by Gasteiger charge is -2.36. The second kappa shape index (κ2) is 12.2. The third-order valence-electron chi connectivity index (χ3n) is 7.07. The minimum atomic E-state index is -0.476. The van der Waals surface area contributed by atoms with Crippen molar-refractivity contribution in [2.75, 3.05) is 38.9 Å². The average Bonchev–Trinajstić information content (AvgIpc) is 3.77. The van der Waals surface area contributed by atoms with E-state index in [1.54, 1.807) is 12.1 Å². The van der Waals surface area contributed by atoms with Crippen molar-refractivity contribution in [3.63, 3.8) is 0 Å². The van der Waals surface area contributed by atoms with Gasteiger partial charge in [0.2, 0.25) is 0 Å². The predicted molar refractivity (Wildman–Crippen MR) is 140 cm³/mol. The first-order valence-electron chi connectivity index (χ1n) is 12.8. The van der Waals surface area contributed by atoms with Crippen LogP contribution in [0.15, 0.2) is 54.0 Å². The van der Waals surface area contributed by atoms with Gasteiger partial charge in [-0.25, -0.2) is 10.2 Å². The van der Waals surface area contributed by atoms with Gasteiger partial charge in [-0.3, -0.25) is 9.80 Å². The summed E-state index contributed by atoms with van der Waals surface area (Å²) in [5.74, 6) is 8.03. The van der Waals surface area contributed by atoms with Gasteiger partial charge in [0.1, 0.15) is 29.7 Å². The van der Waals surface area contributed by atoms with E-state index in [4.69, 9.17) is 25.8 Å². The molecule has 1 atom stereocenters. The molecular weight excluding hydrogens is 475 g/mol. The van der Waals surface area contributed by atoms with Gasteiger partial charge in [0.25, 0.3) is 0 Å². The normalized spacial score (nSPS) is 17.0. The minimum Gasteiger partial charge on any atom is -0.497 e. The van der Waals surface area contributed by atoms with E-state index >= 15 is 0 Å². The topological polar surface area (TPSA) is 103 Å². The number of halogens is 1. The van der Waals surface area contributed by atoms with Crippen LogP contribution < -0.4 is 26.1 Å². The standard InChI is InChI=1S/C28H37FN4O4/c1-35-21-11-12-24(29)26(16-21)33(31)28(32-13-4-3-5-14-32)25(30)18-37-22-8-6-7-20(15-22)23(19-9-10-19)17-27(34)36-2/h6-8,11-12,15-16,19,23H,3-5,9-10,13-14,17-18,30-31H2,1-2H3/b28-25-. The van der Waals surface area contributed by atoms with Gasteiger partial charge in [-0.2, -0.15) is 0 Å². The van der Waals surface area contributed by atoms with Crippen molar-refractivity contribution in [3.8, 4) is 11.5 Å². The molecule has 0 bridgehead atoms. The molecule has 9 heteroatoms. The van der Waals surface area contributed by atoms with E-state index in [2.05, 4.69) is 4.90 Å². The average molecular weight is 513 g/mol. The lowest BCUT2D eigenvalue weighted by atomic mass is 9.91. The summed E-state index contributed by atoms with van der Waals surface area (Å²) in [4.78, 5) is 14.0. The molecule has 1 saturated carbocycles. The predicted octanol–water partition coefficient (Wildman–Crippen LogP) is 4.26. The molecule has 2 aromatic rings. The first-order valence-corrected chi connectivity index (χ1v) is 12.8. The van der Waals surface area contributed by atoms with E-state index in [9.17, 15) is 9.18 Å². The van der Waals surface area contributed by atoms with Gasteiger partial charge in [0.15, 0.2) is 0 Å². The monoisotopic (exact) mass is 512 g/mol. The van der Waals surface area contributed by atoms with Crippen molar-refractivity contribution in [2.24, 2.45) is 17.5 Å². The van der Waals surface area contributed by atoms with Crippen molar-refractivity contribution in [1.82, 2.24) is 4.90 Å². The smallest absolute Gasteiger partial charge is 0.306 e. The number of hydrogen-bond acceptors (Lipinski definition) is 8. The van der Waals surface area contributed by atoms with Crippen LogP contribution in [0.2, 0.25) is 0 Å². The molecule has 4 N–H and O–H groups in total. The summed E-state index contributed by atoms with van der Waals surface area (Å²) in [6, 6.07) is 12.2. The van der Waals surface area contributed by atoms with Crippen molar-refractivity contribution in [2.45, 2.75) is 44.4 Å². The van der Waals surface area contributed by atoms with Crippen LogP contribution in [-0.4, -0.2) is 44.8 Å². The Morgan fingerprint density at radius 2 is 1.86 bits per heavy atom. The van der Waals surface area contributed by atoms with E-state index in [0.29, 0.717) is 35.4 Å². The molecule has 0 spiro atoms. The lowest BCUT2D eigenvalue weighted by Crippen LogP contribution is -2.45. The Labute approximate surface area is 217 Å². The molecule has 0 amide bonds. The summed E-state index contributed by atoms with van der Waals surface area (Å²) in [7, 11) is 2.94. The molecule has 2 fully saturated rings. The summed E-state index contributed by atoms with van der Waals surface area (Å²) in [5, 5.41) is 1.29. The fraction of sp³-hybridized carbons (Fsp3) is 0.464. The van der Waals surface area contributed by atoms with Crippen LogP contribution in [0.3, 0.4) is 0 Å². The number of hydrazine groups is 1. The van der Waals surface area contributed by atoms with E-state index in [1.807, 2.05) is 24.3 Å². The Kier molecular flexibility index (Phi) is 8.76. The van der Waals surface area contributed by atoms with Gasteiger partial charge >= 0.3 is 5.97 Å². The van der Waals surface area contributed by atoms with E-state index < -0.39 is 5.82 Å². The fourth-order valence-corrected chi connectivity index (χ4v) is 4.91. The van der Waals surface area contributed by atoms with Crippen LogP contribution in [0.4, 0.5) is 10.1 Å². The molecule has 1 aliphatic heterocycles. The zero-order valence-electron chi connectivity index (χ0n) is 21.6.